The molecule has 0 aromatic heterocycles. The maximum atomic E-state index is 10.2. The molecule has 0 aromatic rings. The molecule has 0 rings (SSSR count). The summed E-state index contributed by atoms with van der Waals surface area (Å²) < 4.78 is 5.65. The van der Waals surface area contributed by atoms with Crippen molar-refractivity contribution < 1.29 is 14.3 Å². The van der Waals surface area contributed by atoms with E-state index >= 15 is 0 Å². The molecule has 14 heavy (non-hydrogen) atoms. The van der Waals surface area contributed by atoms with Crippen molar-refractivity contribution in [3.05, 3.63) is 0 Å². The molecule has 0 unspecified atom stereocenters. The summed E-state index contributed by atoms with van der Waals surface area (Å²) in [6.07, 6.45) is 0.993. The van der Waals surface area contributed by atoms with Crippen molar-refractivity contribution >= 4 is 14.3 Å². The van der Waals surface area contributed by atoms with Gasteiger partial charge in [0, 0.05) is 6.61 Å². The maximum absolute atomic E-state index is 10.2. The van der Waals surface area contributed by atoms with Gasteiger partial charge in [0.1, 0.15) is 0 Å². The molecule has 0 radical (unpaired) electrons. The van der Waals surface area contributed by atoms with Crippen LogP contribution in [-0.2, 0) is 9.22 Å². The number of nitrogens with one attached hydrogen (secondary N) is 1. The molecule has 0 aliphatic carbocycles. The van der Waals surface area contributed by atoms with Crippen molar-refractivity contribution in [2.45, 2.75) is 32.5 Å². The fourth-order valence-electron chi connectivity index (χ4n) is 1.30. The Bertz CT molecular complexity index is 173. The van der Waals surface area contributed by atoms with Crippen molar-refractivity contribution in [1.82, 2.24) is 5.32 Å². The number of rotatable bonds is 8. The Hall–Kier alpha value is -0.393. The zero-order valence-electron chi connectivity index (χ0n) is 9.30. The van der Waals surface area contributed by atoms with E-state index in [9.17, 15) is 4.79 Å². The first-order valence-corrected chi connectivity index (χ1v) is 8.16. The molecule has 84 valence electrons. The van der Waals surface area contributed by atoms with Crippen LogP contribution >= 0.6 is 0 Å². The van der Waals surface area contributed by atoms with Gasteiger partial charge in [-0.25, -0.2) is 0 Å². The van der Waals surface area contributed by atoms with Gasteiger partial charge >= 0.3 is 5.97 Å². The van der Waals surface area contributed by atoms with Crippen LogP contribution in [0.5, 0.6) is 0 Å². The smallest absolute Gasteiger partial charge is 0.317 e. The van der Waals surface area contributed by atoms with Gasteiger partial charge in [-0.1, -0.05) is 0 Å². The van der Waals surface area contributed by atoms with Gasteiger partial charge in [-0.05, 0) is 39.0 Å². The van der Waals surface area contributed by atoms with Gasteiger partial charge in [0.05, 0.1) is 6.54 Å². The van der Waals surface area contributed by atoms with E-state index in [0.29, 0.717) is 0 Å². The summed E-state index contributed by atoms with van der Waals surface area (Å²) in [5, 5.41) is 11.2. The lowest BCUT2D eigenvalue weighted by molar-refractivity contribution is -0.135. The third-order valence-electron chi connectivity index (χ3n) is 1.94. The molecule has 0 saturated heterocycles. The zero-order valence-corrected chi connectivity index (χ0v) is 10.3. The Balaban J connectivity index is 3.39. The van der Waals surface area contributed by atoms with E-state index in [1.54, 1.807) is 0 Å². The molecule has 4 nitrogen and oxygen atoms in total. The third-order valence-corrected chi connectivity index (χ3v) is 4.57. The van der Waals surface area contributed by atoms with Crippen LogP contribution in [-0.4, -0.2) is 39.1 Å². The van der Waals surface area contributed by atoms with E-state index in [4.69, 9.17) is 9.53 Å². The van der Waals surface area contributed by atoms with E-state index < -0.39 is 14.3 Å². The lowest BCUT2D eigenvalue weighted by atomic mass is 10.5. The van der Waals surface area contributed by atoms with E-state index in [0.717, 1.165) is 25.6 Å². The van der Waals surface area contributed by atoms with E-state index in [-0.39, 0.29) is 6.54 Å². The van der Waals surface area contributed by atoms with E-state index in [1.165, 1.54) is 0 Å². The number of hydrogen-bond acceptors (Lipinski definition) is 3. The molecule has 0 fully saturated rings. The van der Waals surface area contributed by atoms with Gasteiger partial charge in [-0.3, -0.25) is 4.79 Å². The van der Waals surface area contributed by atoms with Crippen LogP contribution in [0, 0.1) is 0 Å². The summed E-state index contributed by atoms with van der Waals surface area (Å²) in [6.45, 7) is 7.98. The highest BCUT2D eigenvalue weighted by Crippen LogP contribution is 2.12. The highest BCUT2D eigenvalue weighted by Gasteiger charge is 2.20. The van der Waals surface area contributed by atoms with Crippen LogP contribution in [0.3, 0.4) is 0 Å². The van der Waals surface area contributed by atoms with Gasteiger partial charge in [-0.2, -0.15) is 0 Å². The first kappa shape index (κ1) is 13.6. The second kappa shape index (κ2) is 6.97. The van der Waals surface area contributed by atoms with Crippen LogP contribution in [0.15, 0.2) is 0 Å². The minimum Gasteiger partial charge on any atom is -0.480 e. The highest BCUT2D eigenvalue weighted by atomic mass is 28.4. The molecule has 0 heterocycles. The molecule has 0 aliphatic rings. The summed E-state index contributed by atoms with van der Waals surface area (Å²) in [7, 11) is -1.47. The molecule has 0 saturated carbocycles. The standard InChI is InChI=1S/C9H21NO3Si/c1-4-13-14(2,3)7-5-6-10-8-9(11)12/h10H,4-8H2,1-3H3,(H,11,12). The van der Waals surface area contributed by atoms with E-state index in [2.05, 4.69) is 18.4 Å². The Labute approximate surface area is 86.8 Å². The van der Waals surface area contributed by atoms with Crippen molar-refractivity contribution in [2.75, 3.05) is 19.7 Å². The largest absolute Gasteiger partial charge is 0.480 e. The van der Waals surface area contributed by atoms with Crippen molar-refractivity contribution in [2.24, 2.45) is 0 Å². The average molecular weight is 219 g/mol. The third kappa shape index (κ3) is 8.22. The van der Waals surface area contributed by atoms with Crippen LogP contribution < -0.4 is 5.32 Å². The number of hydrogen-bond donors (Lipinski definition) is 2. The number of carbonyl (C=O) groups is 1. The molecule has 0 spiro atoms. The van der Waals surface area contributed by atoms with Crippen LogP contribution in [0.25, 0.3) is 0 Å². The monoisotopic (exact) mass is 219 g/mol. The lowest BCUT2D eigenvalue weighted by Crippen LogP contribution is -2.32. The second-order valence-corrected chi connectivity index (χ2v) is 8.17. The van der Waals surface area contributed by atoms with Gasteiger partial charge in [0.2, 0.25) is 0 Å². The molecule has 2 N–H and O–H groups in total. The molecule has 0 aromatic carbocycles. The van der Waals surface area contributed by atoms with Crippen molar-refractivity contribution in [1.29, 1.82) is 0 Å². The Morgan fingerprint density at radius 2 is 2.14 bits per heavy atom. The number of carboxylic acids is 1. The Morgan fingerprint density at radius 3 is 2.64 bits per heavy atom. The lowest BCUT2D eigenvalue weighted by Gasteiger charge is -2.21. The van der Waals surface area contributed by atoms with Crippen LogP contribution in [0.1, 0.15) is 13.3 Å². The predicted molar refractivity (Wildman–Crippen MR) is 59.0 cm³/mol. The van der Waals surface area contributed by atoms with Gasteiger partial charge in [0.15, 0.2) is 8.32 Å². The summed E-state index contributed by atoms with van der Waals surface area (Å²) in [6, 6.07) is 1.08. The van der Waals surface area contributed by atoms with Gasteiger partial charge in [-0.15, -0.1) is 0 Å². The first-order valence-electron chi connectivity index (χ1n) is 5.04. The molecular weight excluding hydrogens is 198 g/mol. The molecule has 0 amide bonds. The topological polar surface area (TPSA) is 58.6 Å². The fraction of sp³-hybridized carbons (Fsp3) is 0.889. The highest BCUT2D eigenvalue weighted by molar-refractivity contribution is 6.71. The number of carboxylic acid groups (broad SMARTS) is 1. The second-order valence-electron chi connectivity index (χ2n) is 3.87. The van der Waals surface area contributed by atoms with Gasteiger partial charge < -0.3 is 14.8 Å². The van der Waals surface area contributed by atoms with Crippen LogP contribution in [0.4, 0.5) is 0 Å². The fourth-order valence-corrected chi connectivity index (χ4v) is 3.25. The Morgan fingerprint density at radius 1 is 1.50 bits per heavy atom. The summed E-state index contributed by atoms with van der Waals surface area (Å²) in [5.41, 5.74) is 0. The molecule has 0 aliphatic heterocycles. The van der Waals surface area contributed by atoms with Crippen molar-refractivity contribution in [3.8, 4) is 0 Å². The SMILES string of the molecule is CCO[Si](C)(C)CCCNCC(=O)O. The molecule has 0 bridgehead atoms. The van der Waals surface area contributed by atoms with E-state index in [1.807, 2.05) is 6.92 Å². The maximum Gasteiger partial charge on any atom is 0.317 e. The summed E-state index contributed by atoms with van der Waals surface area (Å²) in [5.74, 6) is -0.800. The normalized spacial score (nSPS) is 11.6. The predicted octanol–water partition coefficient (Wildman–Crippen LogP) is 1.29. The minimum absolute atomic E-state index is 0.0522. The summed E-state index contributed by atoms with van der Waals surface area (Å²) >= 11 is 0. The van der Waals surface area contributed by atoms with Crippen LogP contribution in [0.2, 0.25) is 19.1 Å². The average Bonchev–Trinajstić information content (AvgIpc) is 2.02. The van der Waals surface area contributed by atoms with Crippen molar-refractivity contribution in [3.63, 3.8) is 0 Å². The molecular formula is C9H21NO3Si. The van der Waals surface area contributed by atoms with Gasteiger partial charge in [0.25, 0.3) is 0 Å². The number of aliphatic carboxylic acids is 1. The molecule has 5 heteroatoms. The Kier molecular flexibility index (Phi) is 6.78. The summed E-state index contributed by atoms with van der Waals surface area (Å²) in [4.78, 5) is 10.2. The quantitative estimate of drug-likeness (QED) is 0.477. The zero-order chi connectivity index (χ0) is 11.0. The first-order chi connectivity index (χ1) is 6.48. The minimum atomic E-state index is -1.47. The molecule has 0 atom stereocenters.